The maximum absolute atomic E-state index is 11.8. The molecule has 1 rings (SSSR count). The highest BCUT2D eigenvalue weighted by Gasteiger charge is 2.37. The van der Waals surface area contributed by atoms with Crippen molar-refractivity contribution in [3.05, 3.63) is 12.7 Å². The highest BCUT2D eigenvalue weighted by atomic mass is 16.7. The third-order valence-corrected chi connectivity index (χ3v) is 4.46. The van der Waals surface area contributed by atoms with Gasteiger partial charge in [0.25, 0.3) is 0 Å². The standard InChI is InChI=1S/C16H28O3/c1-7-15(4,5)19-14(17)18-13-9-8-10-16(6,11-13)12(2)3/h7,12-13H,1,8-11H2,2-6H3. The second-order valence-electron chi connectivity index (χ2n) is 6.80. The van der Waals surface area contributed by atoms with E-state index in [0.29, 0.717) is 5.92 Å². The first-order chi connectivity index (χ1) is 8.68. The van der Waals surface area contributed by atoms with Crippen molar-refractivity contribution in [2.45, 2.75) is 72.0 Å². The third kappa shape index (κ3) is 4.55. The Morgan fingerprint density at radius 3 is 2.63 bits per heavy atom. The fraction of sp³-hybridized carbons (Fsp3) is 0.812. The molecule has 1 aliphatic carbocycles. The summed E-state index contributed by atoms with van der Waals surface area (Å²) >= 11 is 0. The quantitative estimate of drug-likeness (QED) is 0.547. The largest absolute Gasteiger partial charge is 0.509 e. The average Bonchev–Trinajstić information content (AvgIpc) is 2.28. The van der Waals surface area contributed by atoms with Crippen LogP contribution >= 0.6 is 0 Å². The van der Waals surface area contributed by atoms with Crippen molar-refractivity contribution in [1.82, 2.24) is 0 Å². The first kappa shape index (κ1) is 16.1. The van der Waals surface area contributed by atoms with Gasteiger partial charge in [-0.15, -0.1) is 0 Å². The van der Waals surface area contributed by atoms with E-state index in [1.165, 1.54) is 6.42 Å². The van der Waals surface area contributed by atoms with Crippen LogP contribution < -0.4 is 0 Å². The summed E-state index contributed by atoms with van der Waals surface area (Å²) < 4.78 is 10.7. The summed E-state index contributed by atoms with van der Waals surface area (Å²) in [5, 5.41) is 0. The van der Waals surface area contributed by atoms with Gasteiger partial charge in [0.15, 0.2) is 0 Å². The van der Waals surface area contributed by atoms with E-state index in [1.54, 1.807) is 19.9 Å². The van der Waals surface area contributed by atoms with E-state index < -0.39 is 11.8 Å². The Morgan fingerprint density at radius 1 is 1.47 bits per heavy atom. The summed E-state index contributed by atoms with van der Waals surface area (Å²) in [7, 11) is 0. The zero-order valence-electron chi connectivity index (χ0n) is 13.0. The van der Waals surface area contributed by atoms with Crippen LogP contribution in [0.4, 0.5) is 4.79 Å². The number of hydrogen-bond acceptors (Lipinski definition) is 3. The molecule has 0 bridgehead atoms. The molecule has 0 amide bonds. The minimum absolute atomic E-state index is 0.0192. The smallest absolute Gasteiger partial charge is 0.431 e. The molecule has 1 saturated carbocycles. The Bertz CT molecular complexity index is 333. The van der Waals surface area contributed by atoms with Crippen molar-refractivity contribution in [2.75, 3.05) is 0 Å². The molecule has 3 heteroatoms. The van der Waals surface area contributed by atoms with Crippen LogP contribution in [0, 0.1) is 11.3 Å². The lowest BCUT2D eigenvalue weighted by Crippen LogP contribution is -2.36. The summed E-state index contributed by atoms with van der Waals surface area (Å²) in [4.78, 5) is 11.8. The number of hydrogen-bond donors (Lipinski definition) is 0. The summed E-state index contributed by atoms with van der Waals surface area (Å²) in [5.41, 5.74) is -0.412. The molecule has 0 aromatic heterocycles. The van der Waals surface area contributed by atoms with Crippen molar-refractivity contribution in [2.24, 2.45) is 11.3 Å². The van der Waals surface area contributed by atoms with E-state index in [4.69, 9.17) is 9.47 Å². The number of carbonyl (C=O) groups is 1. The molecule has 110 valence electrons. The van der Waals surface area contributed by atoms with Crippen molar-refractivity contribution in [3.63, 3.8) is 0 Å². The number of rotatable bonds is 4. The summed E-state index contributed by atoms with van der Waals surface area (Å²) in [6.45, 7) is 14.0. The molecule has 19 heavy (non-hydrogen) atoms. The SMILES string of the molecule is C=CC(C)(C)OC(=O)OC1CCCC(C)(C(C)C)C1. The number of ether oxygens (including phenoxy) is 2. The molecule has 0 heterocycles. The van der Waals surface area contributed by atoms with Crippen molar-refractivity contribution in [3.8, 4) is 0 Å². The van der Waals surface area contributed by atoms with E-state index in [1.807, 2.05) is 0 Å². The summed E-state index contributed by atoms with van der Waals surface area (Å²) in [6, 6.07) is 0. The molecule has 2 atom stereocenters. The summed E-state index contributed by atoms with van der Waals surface area (Å²) in [6.07, 6.45) is 5.18. The van der Waals surface area contributed by atoms with E-state index in [2.05, 4.69) is 27.4 Å². The van der Waals surface area contributed by atoms with Crippen LogP contribution in [-0.2, 0) is 9.47 Å². The molecule has 0 aliphatic heterocycles. The Hall–Kier alpha value is -0.990. The predicted molar refractivity (Wildman–Crippen MR) is 77.0 cm³/mol. The molecule has 0 aromatic carbocycles. The molecule has 0 radical (unpaired) electrons. The van der Waals surface area contributed by atoms with Gasteiger partial charge >= 0.3 is 6.16 Å². The van der Waals surface area contributed by atoms with Crippen molar-refractivity contribution in [1.29, 1.82) is 0 Å². The maximum Gasteiger partial charge on any atom is 0.509 e. The fourth-order valence-corrected chi connectivity index (χ4v) is 2.50. The van der Waals surface area contributed by atoms with Crippen LogP contribution in [-0.4, -0.2) is 17.9 Å². The zero-order valence-corrected chi connectivity index (χ0v) is 13.0. The van der Waals surface area contributed by atoms with Crippen LogP contribution in [0.15, 0.2) is 12.7 Å². The summed E-state index contributed by atoms with van der Waals surface area (Å²) in [5.74, 6) is 0.597. The Labute approximate surface area is 117 Å². The van der Waals surface area contributed by atoms with E-state index in [0.717, 1.165) is 19.3 Å². The molecule has 0 aromatic rings. The van der Waals surface area contributed by atoms with Gasteiger partial charge < -0.3 is 9.47 Å². The topological polar surface area (TPSA) is 35.5 Å². The highest BCUT2D eigenvalue weighted by Crippen LogP contribution is 2.42. The lowest BCUT2D eigenvalue weighted by molar-refractivity contribution is -0.0452. The molecular formula is C16H28O3. The van der Waals surface area contributed by atoms with Crippen molar-refractivity contribution < 1.29 is 14.3 Å². The molecule has 0 spiro atoms. The Balaban J connectivity index is 2.53. The van der Waals surface area contributed by atoms with Crippen LogP contribution in [0.3, 0.4) is 0 Å². The molecular weight excluding hydrogens is 240 g/mol. The van der Waals surface area contributed by atoms with Crippen LogP contribution in [0.5, 0.6) is 0 Å². The normalized spacial score (nSPS) is 28.0. The van der Waals surface area contributed by atoms with Gasteiger partial charge in [-0.1, -0.05) is 27.4 Å². The molecule has 0 N–H and O–H groups in total. The maximum atomic E-state index is 11.8. The third-order valence-electron chi connectivity index (χ3n) is 4.46. The van der Waals surface area contributed by atoms with Crippen LogP contribution in [0.2, 0.25) is 0 Å². The van der Waals surface area contributed by atoms with Gasteiger partial charge in [0, 0.05) is 0 Å². The van der Waals surface area contributed by atoms with Crippen LogP contribution in [0.1, 0.15) is 60.3 Å². The second-order valence-corrected chi connectivity index (χ2v) is 6.80. The molecule has 2 unspecified atom stereocenters. The lowest BCUT2D eigenvalue weighted by Gasteiger charge is -2.40. The fourth-order valence-electron chi connectivity index (χ4n) is 2.50. The van der Waals surface area contributed by atoms with Gasteiger partial charge in [-0.05, 0) is 56.9 Å². The minimum atomic E-state index is -0.674. The van der Waals surface area contributed by atoms with Gasteiger partial charge in [0.05, 0.1) is 0 Å². The molecule has 1 fully saturated rings. The van der Waals surface area contributed by atoms with E-state index >= 15 is 0 Å². The first-order valence-electron chi connectivity index (χ1n) is 7.22. The predicted octanol–water partition coefficient (Wildman–Crippen LogP) is 4.71. The van der Waals surface area contributed by atoms with Gasteiger partial charge in [0.1, 0.15) is 11.7 Å². The van der Waals surface area contributed by atoms with Gasteiger partial charge in [0.2, 0.25) is 0 Å². The Morgan fingerprint density at radius 2 is 2.11 bits per heavy atom. The minimum Gasteiger partial charge on any atom is -0.431 e. The van der Waals surface area contributed by atoms with Crippen molar-refractivity contribution >= 4 is 6.16 Å². The van der Waals surface area contributed by atoms with Gasteiger partial charge in [-0.2, -0.15) is 0 Å². The Kier molecular flexibility index (Phi) is 5.05. The van der Waals surface area contributed by atoms with Gasteiger partial charge in [-0.25, -0.2) is 4.79 Å². The van der Waals surface area contributed by atoms with Gasteiger partial charge in [-0.3, -0.25) is 0 Å². The highest BCUT2D eigenvalue weighted by molar-refractivity contribution is 5.61. The second kappa shape index (κ2) is 5.98. The average molecular weight is 268 g/mol. The molecule has 1 aliphatic rings. The van der Waals surface area contributed by atoms with Crippen LogP contribution in [0.25, 0.3) is 0 Å². The monoisotopic (exact) mass is 268 g/mol. The lowest BCUT2D eigenvalue weighted by atomic mass is 9.67. The van der Waals surface area contributed by atoms with E-state index in [9.17, 15) is 4.79 Å². The van der Waals surface area contributed by atoms with E-state index in [-0.39, 0.29) is 11.5 Å². The number of carbonyl (C=O) groups excluding carboxylic acids is 1. The zero-order chi connectivity index (χ0) is 14.7. The first-order valence-corrected chi connectivity index (χ1v) is 7.22. The molecule has 0 saturated heterocycles. The molecule has 3 nitrogen and oxygen atoms in total.